The summed E-state index contributed by atoms with van der Waals surface area (Å²) in [4.78, 5) is 9.83. The van der Waals surface area contributed by atoms with E-state index in [1.165, 1.54) is 18.2 Å². The maximum atomic E-state index is 10.5. The Morgan fingerprint density at radius 3 is 2.71 bits per heavy atom. The standard InChI is InChI=1S/C12H8NO4/c14-12-8-10(6-7-11(12)13(15)16)17-9-4-2-1-3-5-9/h1-4,6-8,14H. The average molecular weight is 230 g/mol. The number of benzene rings is 2. The molecule has 2 aromatic carbocycles. The second-order valence-corrected chi connectivity index (χ2v) is 3.24. The molecule has 0 fully saturated rings. The molecule has 5 nitrogen and oxygen atoms in total. The molecule has 0 aliphatic rings. The number of nitrogens with zero attached hydrogens (tertiary/aromatic N) is 1. The van der Waals surface area contributed by atoms with E-state index in [2.05, 4.69) is 6.07 Å². The Labute approximate surface area is 97.0 Å². The molecule has 0 spiro atoms. The van der Waals surface area contributed by atoms with Gasteiger partial charge in [0.1, 0.15) is 11.5 Å². The normalized spacial score (nSPS) is 9.88. The summed E-state index contributed by atoms with van der Waals surface area (Å²) in [5.74, 6) is 0.361. The van der Waals surface area contributed by atoms with Crippen molar-refractivity contribution in [1.82, 2.24) is 0 Å². The lowest BCUT2D eigenvalue weighted by atomic mass is 10.3. The molecule has 0 amide bonds. The van der Waals surface area contributed by atoms with Crippen molar-refractivity contribution in [2.45, 2.75) is 0 Å². The minimum Gasteiger partial charge on any atom is -0.502 e. The summed E-state index contributed by atoms with van der Waals surface area (Å²) < 4.78 is 5.36. The first-order chi connectivity index (χ1) is 8.16. The van der Waals surface area contributed by atoms with E-state index in [1.807, 2.05) is 0 Å². The molecule has 0 aromatic heterocycles. The number of phenols is 1. The highest BCUT2D eigenvalue weighted by Gasteiger charge is 2.13. The molecule has 2 aromatic rings. The number of ether oxygens (including phenoxy) is 1. The number of nitro benzene ring substituents is 1. The van der Waals surface area contributed by atoms with Crippen LogP contribution in [0.4, 0.5) is 5.69 Å². The first-order valence-corrected chi connectivity index (χ1v) is 4.79. The molecule has 1 radical (unpaired) electrons. The van der Waals surface area contributed by atoms with Gasteiger partial charge in [0.05, 0.1) is 4.92 Å². The van der Waals surface area contributed by atoms with Gasteiger partial charge in [-0.15, -0.1) is 0 Å². The zero-order valence-corrected chi connectivity index (χ0v) is 8.66. The molecule has 0 unspecified atom stereocenters. The SMILES string of the molecule is O=[N+]([O-])c1ccc(Oc2[c]cccc2)cc1O. The van der Waals surface area contributed by atoms with Crippen molar-refractivity contribution in [1.29, 1.82) is 0 Å². The van der Waals surface area contributed by atoms with Crippen LogP contribution in [0.2, 0.25) is 0 Å². The van der Waals surface area contributed by atoms with Gasteiger partial charge in [-0.1, -0.05) is 18.2 Å². The Balaban J connectivity index is 2.24. The molecule has 0 saturated carbocycles. The number of para-hydroxylation sites is 1. The highest BCUT2D eigenvalue weighted by molar-refractivity contribution is 5.50. The maximum absolute atomic E-state index is 10.5. The number of hydrogen-bond donors (Lipinski definition) is 1. The Hall–Kier alpha value is -2.56. The zero-order valence-electron chi connectivity index (χ0n) is 8.66. The Kier molecular flexibility index (Phi) is 2.91. The fraction of sp³-hybridized carbons (Fsp3) is 0. The van der Waals surface area contributed by atoms with Gasteiger partial charge in [-0.2, -0.15) is 0 Å². The summed E-state index contributed by atoms with van der Waals surface area (Å²) in [6.45, 7) is 0. The Morgan fingerprint density at radius 1 is 1.29 bits per heavy atom. The van der Waals surface area contributed by atoms with Crippen molar-refractivity contribution in [3.8, 4) is 17.2 Å². The van der Waals surface area contributed by atoms with Gasteiger partial charge in [0.25, 0.3) is 0 Å². The van der Waals surface area contributed by atoms with E-state index in [4.69, 9.17) is 4.74 Å². The number of phenolic OH excluding ortho intramolecular Hbond substituents is 1. The van der Waals surface area contributed by atoms with Crippen LogP contribution in [0.5, 0.6) is 17.2 Å². The molecule has 0 aliphatic carbocycles. The first-order valence-electron chi connectivity index (χ1n) is 4.79. The van der Waals surface area contributed by atoms with Gasteiger partial charge in [-0.25, -0.2) is 0 Å². The zero-order chi connectivity index (χ0) is 12.3. The first kappa shape index (κ1) is 10.9. The van der Waals surface area contributed by atoms with Gasteiger partial charge in [-0.3, -0.25) is 10.1 Å². The molecule has 0 atom stereocenters. The third-order valence-electron chi connectivity index (χ3n) is 2.05. The molecule has 0 saturated heterocycles. The van der Waals surface area contributed by atoms with E-state index in [0.29, 0.717) is 11.5 Å². The molecular formula is C12H8NO4. The largest absolute Gasteiger partial charge is 0.502 e. The van der Waals surface area contributed by atoms with Gasteiger partial charge in [0, 0.05) is 18.2 Å². The molecule has 17 heavy (non-hydrogen) atoms. The van der Waals surface area contributed by atoms with Crippen LogP contribution in [0.25, 0.3) is 0 Å². The summed E-state index contributed by atoms with van der Waals surface area (Å²) in [5.41, 5.74) is -0.352. The van der Waals surface area contributed by atoms with Crippen LogP contribution >= 0.6 is 0 Å². The second kappa shape index (κ2) is 4.52. The summed E-state index contributed by atoms with van der Waals surface area (Å²) in [6, 6.07) is 13.6. The molecule has 1 N–H and O–H groups in total. The minimum atomic E-state index is -0.659. The van der Waals surface area contributed by atoms with Crippen LogP contribution in [0.3, 0.4) is 0 Å². The molecule has 2 rings (SSSR count). The van der Waals surface area contributed by atoms with Crippen molar-refractivity contribution in [2.24, 2.45) is 0 Å². The number of aromatic hydroxyl groups is 1. The highest BCUT2D eigenvalue weighted by Crippen LogP contribution is 2.31. The maximum Gasteiger partial charge on any atom is 0.310 e. The van der Waals surface area contributed by atoms with Crippen LogP contribution in [0, 0.1) is 16.2 Å². The van der Waals surface area contributed by atoms with Crippen LogP contribution in [-0.4, -0.2) is 10.0 Å². The smallest absolute Gasteiger partial charge is 0.310 e. The van der Waals surface area contributed by atoms with Gasteiger partial charge in [0.2, 0.25) is 0 Å². The number of hydrogen-bond acceptors (Lipinski definition) is 4. The van der Waals surface area contributed by atoms with E-state index in [-0.39, 0.29) is 5.69 Å². The molecule has 0 heterocycles. The fourth-order valence-corrected chi connectivity index (χ4v) is 1.29. The Morgan fingerprint density at radius 2 is 2.12 bits per heavy atom. The van der Waals surface area contributed by atoms with Gasteiger partial charge in [0.15, 0.2) is 5.75 Å². The van der Waals surface area contributed by atoms with Crippen molar-refractivity contribution in [2.75, 3.05) is 0 Å². The number of nitro groups is 1. The third kappa shape index (κ3) is 2.52. The van der Waals surface area contributed by atoms with E-state index in [0.717, 1.165) is 0 Å². The summed E-state index contributed by atoms with van der Waals surface area (Å²) in [7, 11) is 0. The topological polar surface area (TPSA) is 72.6 Å². The van der Waals surface area contributed by atoms with Gasteiger partial charge >= 0.3 is 5.69 Å². The van der Waals surface area contributed by atoms with E-state index in [1.54, 1.807) is 24.3 Å². The fourth-order valence-electron chi connectivity index (χ4n) is 1.29. The monoisotopic (exact) mass is 230 g/mol. The van der Waals surface area contributed by atoms with E-state index < -0.39 is 10.7 Å². The number of rotatable bonds is 3. The molecular weight excluding hydrogens is 222 g/mol. The van der Waals surface area contributed by atoms with Crippen LogP contribution in [0.15, 0.2) is 42.5 Å². The lowest BCUT2D eigenvalue weighted by molar-refractivity contribution is -0.385. The molecule has 0 bridgehead atoms. The van der Waals surface area contributed by atoms with Crippen molar-refractivity contribution in [3.05, 3.63) is 58.6 Å². The quantitative estimate of drug-likeness (QED) is 0.649. The second-order valence-electron chi connectivity index (χ2n) is 3.24. The van der Waals surface area contributed by atoms with Crippen molar-refractivity contribution in [3.63, 3.8) is 0 Å². The lowest BCUT2D eigenvalue weighted by Crippen LogP contribution is -1.89. The Bertz CT molecular complexity index is 539. The van der Waals surface area contributed by atoms with Crippen molar-refractivity contribution < 1.29 is 14.8 Å². The predicted molar refractivity (Wildman–Crippen MR) is 60.1 cm³/mol. The molecule has 85 valence electrons. The van der Waals surface area contributed by atoms with Gasteiger partial charge < -0.3 is 9.84 Å². The average Bonchev–Trinajstić information content (AvgIpc) is 2.30. The third-order valence-corrected chi connectivity index (χ3v) is 2.05. The predicted octanol–water partition coefficient (Wildman–Crippen LogP) is 2.89. The van der Waals surface area contributed by atoms with Gasteiger partial charge in [-0.05, 0) is 12.1 Å². The van der Waals surface area contributed by atoms with E-state index in [9.17, 15) is 15.2 Å². The molecule has 0 aliphatic heterocycles. The van der Waals surface area contributed by atoms with Crippen LogP contribution in [0.1, 0.15) is 0 Å². The molecule has 5 heteroatoms. The summed E-state index contributed by atoms with van der Waals surface area (Å²) in [5, 5.41) is 19.9. The van der Waals surface area contributed by atoms with E-state index >= 15 is 0 Å². The van der Waals surface area contributed by atoms with Crippen LogP contribution < -0.4 is 4.74 Å². The van der Waals surface area contributed by atoms with Crippen LogP contribution in [-0.2, 0) is 0 Å². The summed E-state index contributed by atoms with van der Waals surface area (Å²) >= 11 is 0. The van der Waals surface area contributed by atoms with Crippen molar-refractivity contribution >= 4 is 5.69 Å². The minimum absolute atomic E-state index is 0.315. The lowest BCUT2D eigenvalue weighted by Gasteiger charge is -2.05. The summed E-state index contributed by atoms with van der Waals surface area (Å²) in [6.07, 6.45) is 0. The highest BCUT2D eigenvalue weighted by atomic mass is 16.6.